The van der Waals surface area contributed by atoms with Gasteiger partial charge in [0, 0.05) is 11.8 Å². The minimum absolute atomic E-state index is 0.244. The third-order valence-electron chi connectivity index (χ3n) is 3.06. The Morgan fingerprint density at radius 3 is 2.29 bits per heavy atom. The Kier molecular flexibility index (Phi) is 6.99. The van der Waals surface area contributed by atoms with E-state index >= 15 is 0 Å². The van der Waals surface area contributed by atoms with Gasteiger partial charge in [-0.15, -0.1) is 0 Å². The molecule has 0 heterocycles. The maximum Gasteiger partial charge on any atom is 0.418 e. The Morgan fingerprint density at radius 1 is 1.25 bits per heavy atom. The molecule has 0 aliphatic rings. The largest absolute Gasteiger partial charge is 0.467 e. The molecule has 24 heavy (non-hydrogen) atoms. The van der Waals surface area contributed by atoms with Crippen molar-refractivity contribution in [1.82, 2.24) is 4.72 Å². The molecule has 1 aromatic carbocycles. The molecule has 134 valence electrons. The van der Waals surface area contributed by atoms with Crippen LogP contribution in [-0.4, -0.2) is 38.5 Å². The fraction of sp³-hybridized carbons (Fsp3) is 0.357. The Bertz CT molecular complexity index is 692. The second kappa shape index (κ2) is 8.13. The molecule has 5 nitrogen and oxygen atoms in total. The van der Waals surface area contributed by atoms with E-state index in [-0.39, 0.29) is 5.33 Å². The highest BCUT2D eigenvalue weighted by molar-refractivity contribution is 9.09. The Hall–Kier alpha value is -1.39. The van der Waals surface area contributed by atoms with Crippen molar-refractivity contribution in [1.29, 1.82) is 0 Å². The van der Waals surface area contributed by atoms with Gasteiger partial charge in [0.2, 0.25) is 15.6 Å². The van der Waals surface area contributed by atoms with Gasteiger partial charge < -0.3 is 4.74 Å². The van der Waals surface area contributed by atoms with Crippen LogP contribution in [0.15, 0.2) is 47.4 Å². The number of allylic oxidation sites excluding steroid dienone is 1. The van der Waals surface area contributed by atoms with E-state index < -0.39 is 39.0 Å². The quantitative estimate of drug-likeness (QED) is 0.410. The second-order valence-corrected chi connectivity index (χ2v) is 6.97. The predicted octanol–water partition coefficient (Wildman–Crippen LogP) is 2.78. The fourth-order valence-electron chi connectivity index (χ4n) is 1.84. The summed E-state index contributed by atoms with van der Waals surface area (Å²) in [6, 6.07) is 6.46. The molecule has 0 aromatic heterocycles. The topological polar surface area (TPSA) is 72.5 Å². The lowest BCUT2D eigenvalue weighted by Gasteiger charge is -2.32. The zero-order valence-electron chi connectivity index (χ0n) is 12.5. The first-order chi connectivity index (χ1) is 11.1. The van der Waals surface area contributed by atoms with E-state index in [9.17, 15) is 26.4 Å². The SMILES string of the molecule is COC(=O)C(C/C=C/CBr)(NS(=O)(=O)c1ccccc1)C(F)(F)F. The van der Waals surface area contributed by atoms with Crippen molar-refractivity contribution in [2.45, 2.75) is 23.0 Å². The van der Waals surface area contributed by atoms with Gasteiger partial charge in [-0.2, -0.15) is 17.9 Å². The number of nitrogens with one attached hydrogen (secondary N) is 1. The van der Waals surface area contributed by atoms with Crippen LogP contribution in [0.3, 0.4) is 0 Å². The van der Waals surface area contributed by atoms with Gasteiger partial charge in [-0.3, -0.25) is 0 Å². The fourth-order valence-corrected chi connectivity index (χ4v) is 3.48. The summed E-state index contributed by atoms with van der Waals surface area (Å²) in [6.45, 7) is 0. The van der Waals surface area contributed by atoms with Crippen LogP contribution in [0.25, 0.3) is 0 Å². The molecule has 0 radical (unpaired) electrons. The lowest BCUT2D eigenvalue weighted by molar-refractivity contribution is -0.207. The average Bonchev–Trinajstić information content (AvgIpc) is 2.53. The molecule has 0 saturated carbocycles. The lowest BCUT2D eigenvalue weighted by Crippen LogP contribution is -2.64. The molecule has 1 atom stereocenters. The van der Waals surface area contributed by atoms with E-state index in [0.717, 1.165) is 25.3 Å². The number of carbonyl (C=O) groups excluding carboxylic acids is 1. The van der Waals surface area contributed by atoms with Crippen molar-refractivity contribution < 1.29 is 31.1 Å². The van der Waals surface area contributed by atoms with Crippen LogP contribution in [-0.2, 0) is 19.6 Å². The Labute approximate surface area is 146 Å². The minimum Gasteiger partial charge on any atom is -0.467 e. The molecule has 0 aliphatic carbocycles. The Morgan fingerprint density at radius 2 is 1.83 bits per heavy atom. The second-order valence-electron chi connectivity index (χ2n) is 4.64. The molecule has 0 bridgehead atoms. The zero-order chi connectivity index (χ0) is 18.4. The van der Waals surface area contributed by atoms with Gasteiger partial charge in [0.25, 0.3) is 0 Å². The summed E-state index contributed by atoms with van der Waals surface area (Å²) < 4.78 is 71.1. The average molecular weight is 430 g/mol. The van der Waals surface area contributed by atoms with Gasteiger partial charge in [0.1, 0.15) is 0 Å². The number of esters is 1. The van der Waals surface area contributed by atoms with Gasteiger partial charge in [-0.25, -0.2) is 13.2 Å². The molecule has 0 amide bonds. The normalized spacial score (nSPS) is 15.2. The molecule has 1 unspecified atom stereocenters. The zero-order valence-corrected chi connectivity index (χ0v) is 14.9. The van der Waals surface area contributed by atoms with Gasteiger partial charge in [-0.05, 0) is 12.1 Å². The summed E-state index contributed by atoms with van der Waals surface area (Å²) >= 11 is 3.00. The van der Waals surface area contributed by atoms with Gasteiger partial charge in [-0.1, -0.05) is 46.3 Å². The molecule has 0 saturated heterocycles. The highest BCUT2D eigenvalue weighted by Crippen LogP contribution is 2.36. The van der Waals surface area contributed by atoms with Crippen LogP contribution >= 0.6 is 15.9 Å². The minimum atomic E-state index is -5.21. The van der Waals surface area contributed by atoms with E-state index in [1.165, 1.54) is 29.0 Å². The maximum absolute atomic E-state index is 13.6. The number of carbonyl (C=O) groups is 1. The van der Waals surface area contributed by atoms with E-state index in [1.807, 2.05) is 0 Å². The summed E-state index contributed by atoms with van der Waals surface area (Å²) in [6.07, 6.45) is -3.79. The molecule has 0 spiro atoms. The van der Waals surface area contributed by atoms with Gasteiger partial charge in [0.15, 0.2) is 0 Å². The van der Waals surface area contributed by atoms with Crippen LogP contribution in [0.5, 0.6) is 0 Å². The summed E-state index contributed by atoms with van der Waals surface area (Å²) in [4.78, 5) is 11.5. The Balaban J connectivity index is 3.41. The number of methoxy groups -OCH3 is 1. The highest BCUT2D eigenvalue weighted by atomic mass is 79.9. The number of ether oxygens (including phenoxy) is 1. The van der Waals surface area contributed by atoms with Crippen LogP contribution < -0.4 is 4.72 Å². The molecule has 0 aliphatic heterocycles. The van der Waals surface area contributed by atoms with Crippen molar-refractivity contribution in [2.75, 3.05) is 12.4 Å². The number of hydrogen-bond acceptors (Lipinski definition) is 4. The van der Waals surface area contributed by atoms with Crippen molar-refractivity contribution in [3.8, 4) is 0 Å². The molecule has 1 rings (SSSR count). The maximum atomic E-state index is 13.6. The number of hydrogen-bond donors (Lipinski definition) is 1. The summed E-state index contributed by atoms with van der Waals surface area (Å²) in [5, 5.41) is 0.244. The van der Waals surface area contributed by atoms with Gasteiger partial charge in [0.05, 0.1) is 12.0 Å². The standard InChI is InChI=1S/C14H15BrF3NO4S/c1-23-12(20)13(14(16,17)18,9-5-6-10-15)19-24(21,22)11-7-3-2-4-8-11/h2-8,19H,9-10H2,1H3/b6-5+. The summed E-state index contributed by atoms with van der Waals surface area (Å²) in [5.74, 6) is -1.74. The highest BCUT2D eigenvalue weighted by Gasteiger charge is 2.62. The predicted molar refractivity (Wildman–Crippen MR) is 85.1 cm³/mol. The number of rotatable bonds is 7. The number of sulfonamides is 1. The number of benzene rings is 1. The monoisotopic (exact) mass is 429 g/mol. The first-order valence-electron chi connectivity index (χ1n) is 6.56. The molecule has 0 fully saturated rings. The molecule has 1 aromatic rings. The summed E-state index contributed by atoms with van der Waals surface area (Å²) in [5.41, 5.74) is -3.42. The van der Waals surface area contributed by atoms with Gasteiger partial charge >= 0.3 is 12.1 Å². The lowest BCUT2D eigenvalue weighted by atomic mass is 9.95. The first kappa shape index (κ1) is 20.7. The van der Waals surface area contributed by atoms with E-state index in [1.54, 1.807) is 0 Å². The van der Waals surface area contributed by atoms with Crippen molar-refractivity contribution in [3.63, 3.8) is 0 Å². The molecule has 10 heteroatoms. The molecular weight excluding hydrogens is 415 g/mol. The van der Waals surface area contributed by atoms with Crippen LogP contribution in [0, 0.1) is 0 Å². The first-order valence-corrected chi connectivity index (χ1v) is 9.16. The number of alkyl halides is 4. The number of halogens is 4. The van der Waals surface area contributed by atoms with Crippen molar-refractivity contribution in [2.24, 2.45) is 0 Å². The van der Waals surface area contributed by atoms with Crippen LogP contribution in [0.2, 0.25) is 0 Å². The third-order valence-corrected chi connectivity index (χ3v) is 4.94. The van der Waals surface area contributed by atoms with Crippen molar-refractivity contribution >= 4 is 31.9 Å². The summed E-state index contributed by atoms with van der Waals surface area (Å²) in [7, 11) is -3.85. The van der Waals surface area contributed by atoms with Crippen LogP contribution in [0.4, 0.5) is 13.2 Å². The molecule has 1 N–H and O–H groups in total. The van der Waals surface area contributed by atoms with E-state index in [0.29, 0.717) is 0 Å². The van der Waals surface area contributed by atoms with Crippen LogP contribution in [0.1, 0.15) is 6.42 Å². The third kappa shape index (κ3) is 4.58. The van der Waals surface area contributed by atoms with E-state index in [4.69, 9.17) is 0 Å². The van der Waals surface area contributed by atoms with Crippen molar-refractivity contribution in [3.05, 3.63) is 42.5 Å². The van der Waals surface area contributed by atoms with E-state index in [2.05, 4.69) is 20.7 Å². The smallest absolute Gasteiger partial charge is 0.418 e. The molecular formula is C14H15BrF3NO4S.